The second-order valence-corrected chi connectivity index (χ2v) is 5.29. The molecule has 0 spiro atoms. The van der Waals surface area contributed by atoms with Gasteiger partial charge in [-0.25, -0.2) is 9.97 Å². The van der Waals surface area contributed by atoms with Crippen molar-refractivity contribution in [2.75, 3.05) is 31.1 Å². The monoisotopic (exact) mass is 298 g/mol. The number of rotatable bonds is 3. The molecule has 94 valence electrons. The van der Waals surface area contributed by atoms with Gasteiger partial charge < -0.3 is 4.90 Å². The molecule has 0 saturated carbocycles. The Kier molecular flexibility index (Phi) is 4.34. The minimum absolute atomic E-state index is 0.689. The molecule has 1 saturated heterocycles. The lowest BCUT2D eigenvalue weighted by atomic mass is 10.2. The van der Waals surface area contributed by atoms with Crippen LogP contribution in [0.2, 0.25) is 0 Å². The van der Waals surface area contributed by atoms with E-state index in [0.29, 0.717) is 6.04 Å². The highest BCUT2D eigenvalue weighted by molar-refractivity contribution is 9.10. The van der Waals surface area contributed by atoms with Crippen molar-refractivity contribution < 1.29 is 0 Å². The fourth-order valence-electron chi connectivity index (χ4n) is 2.15. The second-order valence-electron chi connectivity index (χ2n) is 4.48. The van der Waals surface area contributed by atoms with Gasteiger partial charge in [0, 0.05) is 38.3 Å². The molecule has 0 N–H and O–H groups in total. The van der Waals surface area contributed by atoms with E-state index in [1.54, 1.807) is 6.33 Å². The van der Waals surface area contributed by atoms with Gasteiger partial charge in [0.15, 0.2) is 0 Å². The quantitative estimate of drug-likeness (QED) is 0.801. The van der Waals surface area contributed by atoms with Crippen LogP contribution in [-0.4, -0.2) is 47.1 Å². The Morgan fingerprint density at radius 3 is 2.59 bits per heavy atom. The minimum atomic E-state index is 0.689. The van der Waals surface area contributed by atoms with Crippen molar-refractivity contribution in [3.63, 3.8) is 0 Å². The first-order valence-corrected chi connectivity index (χ1v) is 6.96. The largest absolute Gasteiger partial charge is 0.354 e. The van der Waals surface area contributed by atoms with Crippen LogP contribution in [-0.2, 0) is 0 Å². The molecule has 1 fully saturated rings. The topological polar surface area (TPSA) is 32.3 Å². The van der Waals surface area contributed by atoms with Crippen LogP contribution in [0, 0.1) is 0 Å². The van der Waals surface area contributed by atoms with E-state index in [1.807, 2.05) is 6.07 Å². The molecular formula is C12H19BrN4. The number of anilines is 1. The van der Waals surface area contributed by atoms with Crippen LogP contribution in [0.3, 0.4) is 0 Å². The summed E-state index contributed by atoms with van der Waals surface area (Å²) in [7, 11) is 0. The fraction of sp³-hybridized carbons (Fsp3) is 0.667. The van der Waals surface area contributed by atoms with E-state index in [1.165, 1.54) is 6.42 Å². The number of piperazine rings is 1. The van der Waals surface area contributed by atoms with Gasteiger partial charge in [-0.15, -0.1) is 0 Å². The van der Waals surface area contributed by atoms with Crippen LogP contribution in [0.1, 0.15) is 20.3 Å². The minimum Gasteiger partial charge on any atom is -0.354 e. The summed E-state index contributed by atoms with van der Waals surface area (Å²) in [6, 6.07) is 2.67. The van der Waals surface area contributed by atoms with Crippen molar-refractivity contribution in [2.24, 2.45) is 0 Å². The molecule has 0 amide bonds. The van der Waals surface area contributed by atoms with E-state index < -0.39 is 0 Å². The van der Waals surface area contributed by atoms with Gasteiger partial charge in [-0.2, -0.15) is 0 Å². The highest BCUT2D eigenvalue weighted by Gasteiger charge is 2.20. The molecular weight excluding hydrogens is 280 g/mol. The highest BCUT2D eigenvalue weighted by atomic mass is 79.9. The Hall–Kier alpha value is -0.680. The van der Waals surface area contributed by atoms with Gasteiger partial charge in [0.05, 0.1) is 0 Å². The molecule has 2 rings (SSSR count). The summed E-state index contributed by atoms with van der Waals surface area (Å²) >= 11 is 3.39. The Morgan fingerprint density at radius 1 is 1.29 bits per heavy atom. The van der Waals surface area contributed by atoms with Crippen LogP contribution in [0.25, 0.3) is 0 Å². The van der Waals surface area contributed by atoms with Crippen LogP contribution in [0.4, 0.5) is 5.82 Å². The molecule has 0 bridgehead atoms. The Labute approximate surface area is 111 Å². The predicted octanol–water partition coefficient (Wildman–Crippen LogP) is 2.16. The zero-order chi connectivity index (χ0) is 12.3. The molecule has 4 nitrogen and oxygen atoms in total. The van der Waals surface area contributed by atoms with Gasteiger partial charge >= 0.3 is 0 Å². The zero-order valence-corrected chi connectivity index (χ0v) is 12.0. The number of hydrogen-bond acceptors (Lipinski definition) is 4. The lowest BCUT2D eigenvalue weighted by molar-refractivity contribution is 0.192. The Morgan fingerprint density at radius 2 is 2.00 bits per heavy atom. The standard InChI is InChI=1S/C12H19BrN4/c1-3-10(2)16-4-6-17(7-5-16)12-8-11(13)14-9-15-12/h8-10H,3-7H2,1-2H3. The maximum absolute atomic E-state index is 4.32. The van der Waals surface area contributed by atoms with E-state index >= 15 is 0 Å². The molecule has 1 aromatic rings. The normalized spacial score (nSPS) is 19.4. The Bertz CT molecular complexity index is 363. The number of halogens is 1. The lowest BCUT2D eigenvalue weighted by Crippen LogP contribution is -2.49. The number of aromatic nitrogens is 2. The summed E-state index contributed by atoms with van der Waals surface area (Å²) in [6.45, 7) is 8.89. The summed E-state index contributed by atoms with van der Waals surface area (Å²) < 4.78 is 0.854. The van der Waals surface area contributed by atoms with Crippen LogP contribution in [0.5, 0.6) is 0 Å². The summed E-state index contributed by atoms with van der Waals surface area (Å²) in [6.07, 6.45) is 2.83. The molecule has 1 aliphatic rings. The van der Waals surface area contributed by atoms with Crippen molar-refractivity contribution in [2.45, 2.75) is 26.3 Å². The third-order valence-corrected chi connectivity index (χ3v) is 3.91. The van der Waals surface area contributed by atoms with Crippen molar-refractivity contribution in [1.29, 1.82) is 0 Å². The summed E-state index contributed by atoms with van der Waals surface area (Å²) in [5.74, 6) is 1.02. The van der Waals surface area contributed by atoms with Crippen molar-refractivity contribution in [3.05, 3.63) is 17.0 Å². The SMILES string of the molecule is CCC(C)N1CCN(c2cc(Br)ncn2)CC1. The maximum atomic E-state index is 4.32. The van der Waals surface area contributed by atoms with E-state index in [2.05, 4.69) is 49.5 Å². The molecule has 1 aliphatic heterocycles. The van der Waals surface area contributed by atoms with Crippen LogP contribution < -0.4 is 4.90 Å². The van der Waals surface area contributed by atoms with Gasteiger partial charge in [0.25, 0.3) is 0 Å². The highest BCUT2D eigenvalue weighted by Crippen LogP contribution is 2.17. The molecule has 5 heteroatoms. The third-order valence-electron chi connectivity index (χ3n) is 3.47. The van der Waals surface area contributed by atoms with Crippen LogP contribution >= 0.6 is 15.9 Å². The summed E-state index contributed by atoms with van der Waals surface area (Å²) in [5.41, 5.74) is 0. The first kappa shape index (κ1) is 12.8. The fourth-order valence-corrected chi connectivity index (χ4v) is 2.44. The van der Waals surface area contributed by atoms with Crippen molar-refractivity contribution >= 4 is 21.7 Å². The molecule has 2 heterocycles. The zero-order valence-electron chi connectivity index (χ0n) is 10.4. The smallest absolute Gasteiger partial charge is 0.133 e. The van der Waals surface area contributed by atoms with E-state index in [0.717, 1.165) is 36.6 Å². The van der Waals surface area contributed by atoms with Gasteiger partial charge in [-0.05, 0) is 29.3 Å². The first-order valence-electron chi connectivity index (χ1n) is 6.17. The van der Waals surface area contributed by atoms with Gasteiger partial charge in [-0.1, -0.05) is 6.92 Å². The van der Waals surface area contributed by atoms with Gasteiger partial charge in [0.1, 0.15) is 16.7 Å². The molecule has 1 atom stereocenters. The number of nitrogens with zero attached hydrogens (tertiary/aromatic N) is 4. The average molecular weight is 299 g/mol. The molecule has 0 aromatic carbocycles. The second kappa shape index (κ2) is 5.78. The summed E-state index contributed by atoms with van der Waals surface area (Å²) in [5, 5.41) is 0. The van der Waals surface area contributed by atoms with E-state index in [-0.39, 0.29) is 0 Å². The van der Waals surface area contributed by atoms with Crippen molar-refractivity contribution in [1.82, 2.24) is 14.9 Å². The van der Waals surface area contributed by atoms with Gasteiger partial charge in [0.2, 0.25) is 0 Å². The molecule has 0 radical (unpaired) electrons. The average Bonchev–Trinajstić information content (AvgIpc) is 2.38. The van der Waals surface area contributed by atoms with E-state index in [4.69, 9.17) is 0 Å². The maximum Gasteiger partial charge on any atom is 0.133 e. The summed E-state index contributed by atoms with van der Waals surface area (Å²) in [4.78, 5) is 13.3. The molecule has 1 aromatic heterocycles. The molecule has 17 heavy (non-hydrogen) atoms. The predicted molar refractivity (Wildman–Crippen MR) is 73.3 cm³/mol. The molecule has 1 unspecified atom stereocenters. The third kappa shape index (κ3) is 3.16. The lowest BCUT2D eigenvalue weighted by Gasteiger charge is -2.38. The first-order chi connectivity index (χ1) is 8.20. The van der Waals surface area contributed by atoms with Gasteiger partial charge in [-0.3, -0.25) is 4.90 Å². The van der Waals surface area contributed by atoms with Crippen LogP contribution in [0.15, 0.2) is 17.0 Å². The number of hydrogen-bond donors (Lipinski definition) is 0. The molecule has 0 aliphatic carbocycles. The van der Waals surface area contributed by atoms with E-state index in [9.17, 15) is 0 Å². The van der Waals surface area contributed by atoms with Crippen molar-refractivity contribution in [3.8, 4) is 0 Å². The Balaban J connectivity index is 1.95.